The number of halogens is 7. The summed E-state index contributed by atoms with van der Waals surface area (Å²) in [7, 11) is 1.15. The Kier molecular flexibility index (Phi) is 9.90. The molecular weight excluding hydrogens is 552 g/mol. The number of aliphatic imine (C=N–C) groups is 1. The van der Waals surface area contributed by atoms with Crippen molar-refractivity contribution in [2.75, 3.05) is 17.7 Å². The lowest BCUT2D eigenvalue weighted by atomic mass is 10.1. The van der Waals surface area contributed by atoms with Crippen molar-refractivity contribution in [3.05, 3.63) is 94.0 Å². The molecule has 2 atom stereocenters. The average Bonchev–Trinajstić information content (AvgIpc) is 2.82. The molecule has 0 aromatic heterocycles. The smallest absolute Gasteiger partial charge is 0.365 e. The minimum Gasteiger partial charge on any atom is -0.365 e. The van der Waals surface area contributed by atoms with Gasteiger partial charge in [-0.05, 0) is 67.7 Å². The zero-order chi connectivity index (χ0) is 27.9. The highest BCUT2D eigenvalue weighted by Gasteiger charge is 2.40. The minimum absolute atomic E-state index is 0.0290. The summed E-state index contributed by atoms with van der Waals surface area (Å²) in [4.78, 5) is 16.8. The third kappa shape index (κ3) is 8.86. The number of amides is 1. The quantitative estimate of drug-likeness (QED) is 0.108. The van der Waals surface area contributed by atoms with E-state index in [1.165, 1.54) is 36.4 Å². The van der Waals surface area contributed by atoms with Crippen LogP contribution in [0, 0.1) is 11.6 Å². The predicted molar refractivity (Wildman–Crippen MR) is 139 cm³/mol. The maximum Gasteiger partial charge on any atom is 0.403 e. The molecule has 0 fully saturated rings. The number of rotatable bonds is 8. The highest BCUT2D eigenvalue weighted by atomic mass is 35.5. The van der Waals surface area contributed by atoms with Gasteiger partial charge in [0.15, 0.2) is 0 Å². The third-order valence-corrected chi connectivity index (χ3v) is 5.57. The van der Waals surface area contributed by atoms with Crippen molar-refractivity contribution in [2.45, 2.75) is 24.8 Å². The van der Waals surface area contributed by atoms with E-state index in [1.807, 2.05) is 0 Å². The zero-order valence-corrected chi connectivity index (χ0v) is 21.2. The molecule has 3 aromatic rings. The van der Waals surface area contributed by atoms with Crippen LogP contribution in [0.15, 0.2) is 71.7 Å². The van der Waals surface area contributed by atoms with Gasteiger partial charge in [0.1, 0.15) is 23.8 Å². The molecule has 1 amide bonds. The SMILES string of the molecule is CNC(CC(N/C(=N\C(=O)c1cccc(Cl)c1)Nc1cc(F)cc(Cl)c1)Nc1ccc(F)cc1)C(F)(F)F. The lowest BCUT2D eigenvalue weighted by molar-refractivity contribution is -0.156. The number of carbonyl (C=O) groups excluding carboxylic acids is 1. The fourth-order valence-corrected chi connectivity index (χ4v) is 3.78. The second kappa shape index (κ2) is 12.9. The Morgan fingerprint density at radius 2 is 1.63 bits per heavy atom. The topological polar surface area (TPSA) is 77.5 Å². The molecule has 0 aliphatic rings. The van der Waals surface area contributed by atoms with Gasteiger partial charge in [-0.3, -0.25) is 4.79 Å². The molecule has 38 heavy (non-hydrogen) atoms. The van der Waals surface area contributed by atoms with Crippen LogP contribution in [-0.2, 0) is 0 Å². The second-order valence-corrected chi connectivity index (χ2v) is 8.90. The maximum atomic E-state index is 13.9. The van der Waals surface area contributed by atoms with Crippen molar-refractivity contribution < 1.29 is 26.7 Å². The largest absolute Gasteiger partial charge is 0.403 e. The number of hydrogen-bond acceptors (Lipinski definition) is 3. The van der Waals surface area contributed by atoms with Gasteiger partial charge in [-0.25, -0.2) is 8.78 Å². The summed E-state index contributed by atoms with van der Waals surface area (Å²) in [5, 5.41) is 10.8. The van der Waals surface area contributed by atoms with Crippen LogP contribution in [0.5, 0.6) is 0 Å². The van der Waals surface area contributed by atoms with Crippen molar-refractivity contribution in [3.8, 4) is 0 Å². The fourth-order valence-electron chi connectivity index (χ4n) is 3.36. The lowest BCUT2D eigenvalue weighted by Crippen LogP contribution is -2.51. The zero-order valence-electron chi connectivity index (χ0n) is 19.7. The van der Waals surface area contributed by atoms with E-state index < -0.39 is 42.3 Å². The van der Waals surface area contributed by atoms with Gasteiger partial charge in [-0.15, -0.1) is 0 Å². The van der Waals surface area contributed by atoms with Crippen LogP contribution in [0.1, 0.15) is 16.8 Å². The summed E-state index contributed by atoms with van der Waals surface area (Å²) in [5.74, 6) is -2.34. The number of alkyl halides is 3. The first-order valence-corrected chi connectivity index (χ1v) is 11.8. The number of nitrogens with zero attached hydrogens (tertiary/aromatic N) is 1. The number of carbonyl (C=O) groups is 1. The molecule has 0 spiro atoms. The Morgan fingerprint density at radius 1 is 0.921 bits per heavy atom. The summed E-state index contributed by atoms with van der Waals surface area (Å²) >= 11 is 11.9. The number of nitrogens with one attached hydrogen (secondary N) is 4. The van der Waals surface area contributed by atoms with Gasteiger partial charge in [0.25, 0.3) is 5.91 Å². The van der Waals surface area contributed by atoms with Gasteiger partial charge in [-0.1, -0.05) is 29.3 Å². The van der Waals surface area contributed by atoms with Gasteiger partial charge < -0.3 is 21.3 Å². The van der Waals surface area contributed by atoms with Gasteiger partial charge in [0.05, 0.1) is 0 Å². The molecule has 6 nitrogen and oxygen atoms in total. The number of anilines is 2. The molecule has 0 saturated carbocycles. The monoisotopic (exact) mass is 573 g/mol. The van der Waals surface area contributed by atoms with Gasteiger partial charge in [0.2, 0.25) is 5.96 Å². The average molecular weight is 574 g/mol. The van der Waals surface area contributed by atoms with Crippen LogP contribution in [0.25, 0.3) is 0 Å². The molecule has 0 aliphatic carbocycles. The van der Waals surface area contributed by atoms with Crippen molar-refractivity contribution in [2.24, 2.45) is 4.99 Å². The van der Waals surface area contributed by atoms with E-state index in [1.54, 1.807) is 6.07 Å². The Bertz CT molecular complexity index is 1270. The standard InChI is InChI=1S/C25H22Cl2F5N5O/c1-33-21(25(30,31)32)13-22(34-19-7-5-17(28)6-8-19)36-24(35-20-11-16(27)10-18(29)12-20)37-23(38)14-3-2-4-15(26)9-14/h2-12,21-22,33-34H,13H2,1H3,(H2,35,36,37,38). The van der Waals surface area contributed by atoms with E-state index in [9.17, 15) is 26.7 Å². The molecule has 3 aromatic carbocycles. The first-order chi connectivity index (χ1) is 17.9. The summed E-state index contributed by atoms with van der Waals surface area (Å²) < 4.78 is 68.1. The first-order valence-electron chi connectivity index (χ1n) is 11.1. The number of hydrogen-bond donors (Lipinski definition) is 4. The summed E-state index contributed by atoms with van der Waals surface area (Å²) in [6.07, 6.45) is -6.41. The molecule has 2 unspecified atom stereocenters. The fraction of sp³-hybridized carbons (Fsp3) is 0.200. The van der Waals surface area contributed by atoms with Crippen molar-refractivity contribution in [1.29, 1.82) is 0 Å². The first kappa shape index (κ1) is 29.2. The molecule has 0 radical (unpaired) electrons. The lowest BCUT2D eigenvalue weighted by Gasteiger charge is -2.28. The third-order valence-electron chi connectivity index (χ3n) is 5.12. The van der Waals surface area contributed by atoms with Crippen LogP contribution in [-0.4, -0.2) is 37.3 Å². The molecule has 4 N–H and O–H groups in total. The normalized spacial score (nSPS) is 13.5. The van der Waals surface area contributed by atoms with E-state index >= 15 is 0 Å². The van der Waals surface area contributed by atoms with Crippen LogP contribution in [0.3, 0.4) is 0 Å². The highest BCUT2D eigenvalue weighted by Crippen LogP contribution is 2.24. The van der Waals surface area contributed by atoms with E-state index in [0.717, 1.165) is 31.3 Å². The Hall–Kier alpha value is -3.41. The molecule has 0 aliphatic heterocycles. The van der Waals surface area contributed by atoms with Crippen LogP contribution in [0.4, 0.5) is 33.3 Å². The summed E-state index contributed by atoms with van der Waals surface area (Å²) in [5.41, 5.74) is 0.458. The molecule has 13 heteroatoms. The van der Waals surface area contributed by atoms with E-state index in [-0.39, 0.29) is 32.9 Å². The second-order valence-electron chi connectivity index (χ2n) is 8.03. The van der Waals surface area contributed by atoms with Crippen LogP contribution in [0.2, 0.25) is 10.0 Å². The van der Waals surface area contributed by atoms with Crippen LogP contribution < -0.4 is 21.3 Å². The van der Waals surface area contributed by atoms with E-state index in [2.05, 4.69) is 26.3 Å². The molecule has 0 bridgehead atoms. The van der Waals surface area contributed by atoms with E-state index in [0.29, 0.717) is 0 Å². The van der Waals surface area contributed by atoms with Crippen molar-refractivity contribution >= 4 is 46.4 Å². The van der Waals surface area contributed by atoms with Gasteiger partial charge in [0, 0.05) is 33.4 Å². The van der Waals surface area contributed by atoms with Gasteiger partial charge in [-0.2, -0.15) is 18.2 Å². The maximum absolute atomic E-state index is 13.9. The Morgan fingerprint density at radius 3 is 2.24 bits per heavy atom. The minimum atomic E-state index is -4.61. The predicted octanol–water partition coefficient (Wildman–Crippen LogP) is 6.45. The Labute approximate surface area is 225 Å². The number of benzene rings is 3. The highest BCUT2D eigenvalue weighted by molar-refractivity contribution is 6.31. The van der Waals surface area contributed by atoms with Gasteiger partial charge >= 0.3 is 6.18 Å². The number of guanidine groups is 1. The molecule has 3 rings (SSSR count). The van der Waals surface area contributed by atoms with E-state index in [4.69, 9.17) is 23.2 Å². The summed E-state index contributed by atoms with van der Waals surface area (Å²) in [6, 6.07) is 12.3. The molecule has 202 valence electrons. The molecule has 0 heterocycles. The van der Waals surface area contributed by atoms with Crippen molar-refractivity contribution in [3.63, 3.8) is 0 Å². The van der Waals surface area contributed by atoms with Crippen molar-refractivity contribution in [1.82, 2.24) is 10.6 Å². The summed E-state index contributed by atoms with van der Waals surface area (Å²) in [6.45, 7) is 0. The van der Waals surface area contributed by atoms with Crippen LogP contribution >= 0.6 is 23.2 Å². The molecular formula is C25H22Cl2F5N5O. The molecule has 0 saturated heterocycles. The Balaban J connectivity index is 1.99.